The van der Waals surface area contributed by atoms with Gasteiger partial charge in [0.05, 0.1) is 12.9 Å². The van der Waals surface area contributed by atoms with Gasteiger partial charge in [-0.2, -0.15) is 8.42 Å². The van der Waals surface area contributed by atoms with E-state index < -0.39 is 46.6 Å². The summed E-state index contributed by atoms with van der Waals surface area (Å²) in [5, 5.41) is 0. The highest BCUT2D eigenvalue weighted by Crippen LogP contribution is 2.41. The van der Waals surface area contributed by atoms with Gasteiger partial charge in [-0.3, -0.25) is 4.18 Å². The fourth-order valence-electron chi connectivity index (χ4n) is 2.60. The maximum atomic E-state index is 11.3. The van der Waals surface area contributed by atoms with Crippen LogP contribution in [0.3, 0.4) is 0 Å². The van der Waals surface area contributed by atoms with Crippen LogP contribution in [0.1, 0.15) is 13.8 Å². The summed E-state index contributed by atoms with van der Waals surface area (Å²) in [5.41, 5.74) is 0. The van der Waals surface area contributed by atoms with E-state index in [1.807, 2.05) is 0 Å². The molecular weight excluding hydrogens is 264 g/mol. The van der Waals surface area contributed by atoms with E-state index in [9.17, 15) is 8.42 Å². The number of hydrogen-bond donors (Lipinski definition) is 0. The molecule has 0 unspecified atom stereocenters. The molecule has 104 valence electrons. The molecule has 18 heavy (non-hydrogen) atoms. The summed E-state index contributed by atoms with van der Waals surface area (Å²) >= 11 is 0. The summed E-state index contributed by atoms with van der Waals surface area (Å²) in [7, 11) is -3.60. The zero-order valence-corrected chi connectivity index (χ0v) is 11.2. The van der Waals surface area contributed by atoms with Crippen LogP contribution in [-0.2, 0) is 33.2 Å². The van der Waals surface area contributed by atoms with Gasteiger partial charge in [0.15, 0.2) is 12.1 Å². The third-order valence-corrected chi connectivity index (χ3v) is 3.71. The van der Waals surface area contributed by atoms with Gasteiger partial charge in [0.25, 0.3) is 10.1 Å². The standard InChI is InChI=1S/C10H16O7S/c1-10(2)15-7-6(17-18(3,11)12)5-4-13-9(14-5)8(7)16-10/h5-9H,4H2,1-3H3/t5-,6-,7-,8+,9+/m0/s1. The Morgan fingerprint density at radius 3 is 2.56 bits per heavy atom. The van der Waals surface area contributed by atoms with Crippen molar-refractivity contribution in [3.8, 4) is 0 Å². The normalized spacial score (nSPS) is 46.1. The first-order valence-corrected chi connectivity index (χ1v) is 7.58. The quantitative estimate of drug-likeness (QED) is 0.637. The second-order valence-corrected chi connectivity index (χ2v) is 6.81. The molecule has 0 amide bonds. The first-order chi connectivity index (χ1) is 8.25. The maximum Gasteiger partial charge on any atom is 0.264 e. The molecule has 0 N–H and O–H groups in total. The Morgan fingerprint density at radius 2 is 1.89 bits per heavy atom. The van der Waals surface area contributed by atoms with E-state index in [-0.39, 0.29) is 6.61 Å². The second-order valence-electron chi connectivity index (χ2n) is 5.21. The molecule has 0 spiro atoms. The van der Waals surface area contributed by atoms with E-state index in [1.165, 1.54) is 0 Å². The van der Waals surface area contributed by atoms with Gasteiger partial charge in [-0.15, -0.1) is 0 Å². The molecule has 5 atom stereocenters. The van der Waals surface area contributed by atoms with Crippen molar-refractivity contribution in [2.45, 2.75) is 50.3 Å². The Morgan fingerprint density at radius 1 is 1.22 bits per heavy atom. The lowest BCUT2D eigenvalue weighted by atomic mass is 10.0. The van der Waals surface area contributed by atoms with Crippen molar-refractivity contribution in [2.24, 2.45) is 0 Å². The van der Waals surface area contributed by atoms with E-state index in [1.54, 1.807) is 13.8 Å². The predicted octanol–water partition coefficient (Wildman–Crippen LogP) is -0.394. The van der Waals surface area contributed by atoms with Gasteiger partial charge in [0.1, 0.15) is 24.4 Å². The Kier molecular flexibility index (Phi) is 2.75. The molecule has 2 bridgehead atoms. The fourth-order valence-corrected chi connectivity index (χ4v) is 3.23. The molecule has 0 aromatic rings. The van der Waals surface area contributed by atoms with Crippen LogP contribution >= 0.6 is 0 Å². The SMILES string of the molecule is CC1(C)O[C@H]2[C@@H](OS(C)(=O)=O)[C@@H]3CO[C@H](O3)[C@@H]2O1. The highest BCUT2D eigenvalue weighted by Gasteiger charge is 2.59. The molecule has 8 heteroatoms. The van der Waals surface area contributed by atoms with E-state index >= 15 is 0 Å². The average Bonchev–Trinajstić information content (AvgIpc) is 2.74. The summed E-state index contributed by atoms with van der Waals surface area (Å²) in [6.45, 7) is 3.80. The van der Waals surface area contributed by atoms with Crippen LogP contribution in [-0.4, -0.2) is 57.8 Å². The summed E-state index contributed by atoms with van der Waals surface area (Å²) in [6, 6.07) is 0. The Bertz CT molecular complexity index is 445. The lowest BCUT2D eigenvalue weighted by Gasteiger charge is -2.33. The van der Waals surface area contributed by atoms with Crippen LogP contribution in [0, 0.1) is 0 Å². The molecule has 3 aliphatic rings. The molecule has 0 radical (unpaired) electrons. The molecule has 0 aliphatic carbocycles. The van der Waals surface area contributed by atoms with Crippen molar-refractivity contribution in [1.29, 1.82) is 0 Å². The smallest absolute Gasteiger partial charge is 0.264 e. The molecular formula is C10H16O7S. The van der Waals surface area contributed by atoms with Gasteiger partial charge in [-0.1, -0.05) is 0 Å². The zero-order valence-electron chi connectivity index (χ0n) is 10.4. The van der Waals surface area contributed by atoms with Gasteiger partial charge in [-0.25, -0.2) is 0 Å². The molecule has 3 saturated heterocycles. The number of ether oxygens (including phenoxy) is 4. The number of rotatable bonds is 2. The van der Waals surface area contributed by atoms with Crippen molar-refractivity contribution in [2.75, 3.05) is 12.9 Å². The summed E-state index contributed by atoms with van der Waals surface area (Å²) in [5.74, 6) is -0.800. The van der Waals surface area contributed by atoms with Gasteiger partial charge in [-0.05, 0) is 13.8 Å². The Balaban J connectivity index is 1.88. The largest absolute Gasteiger partial charge is 0.347 e. The average molecular weight is 280 g/mol. The highest BCUT2D eigenvalue weighted by atomic mass is 32.2. The minimum atomic E-state index is -3.60. The van der Waals surface area contributed by atoms with E-state index in [0.29, 0.717) is 0 Å². The summed E-state index contributed by atoms with van der Waals surface area (Å²) < 4.78 is 50.1. The second kappa shape index (κ2) is 3.87. The van der Waals surface area contributed by atoms with Gasteiger partial charge < -0.3 is 18.9 Å². The van der Waals surface area contributed by atoms with Gasteiger partial charge >= 0.3 is 0 Å². The van der Waals surface area contributed by atoms with E-state index in [2.05, 4.69) is 0 Å². The maximum absolute atomic E-state index is 11.3. The molecule has 0 aromatic heterocycles. The lowest BCUT2D eigenvalue weighted by molar-refractivity contribution is -0.195. The minimum Gasteiger partial charge on any atom is -0.347 e. The van der Waals surface area contributed by atoms with Crippen LogP contribution < -0.4 is 0 Å². The topological polar surface area (TPSA) is 80.3 Å². The molecule has 0 aromatic carbocycles. The van der Waals surface area contributed by atoms with Crippen molar-refractivity contribution in [3.63, 3.8) is 0 Å². The highest BCUT2D eigenvalue weighted by molar-refractivity contribution is 7.86. The summed E-state index contributed by atoms with van der Waals surface area (Å²) in [4.78, 5) is 0. The molecule has 0 saturated carbocycles. The third kappa shape index (κ3) is 2.17. The Labute approximate surface area is 105 Å². The molecule has 3 rings (SSSR count). The third-order valence-electron chi connectivity index (χ3n) is 3.14. The van der Waals surface area contributed by atoms with Crippen LogP contribution in [0.5, 0.6) is 0 Å². The lowest BCUT2D eigenvalue weighted by Crippen LogP contribution is -2.53. The molecule has 7 nitrogen and oxygen atoms in total. The Hall–Kier alpha value is -0.250. The number of fused-ring (bicyclic) bond motifs is 4. The predicted molar refractivity (Wildman–Crippen MR) is 58.2 cm³/mol. The van der Waals surface area contributed by atoms with Crippen LogP contribution in [0.2, 0.25) is 0 Å². The van der Waals surface area contributed by atoms with Crippen LogP contribution in [0.25, 0.3) is 0 Å². The van der Waals surface area contributed by atoms with Crippen molar-refractivity contribution >= 4 is 10.1 Å². The molecule has 3 fully saturated rings. The van der Waals surface area contributed by atoms with Crippen molar-refractivity contribution in [3.05, 3.63) is 0 Å². The van der Waals surface area contributed by atoms with E-state index in [0.717, 1.165) is 6.26 Å². The van der Waals surface area contributed by atoms with Crippen LogP contribution in [0.4, 0.5) is 0 Å². The van der Waals surface area contributed by atoms with Gasteiger partial charge in [0.2, 0.25) is 0 Å². The van der Waals surface area contributed by atoms with Gasteiger partial charge in [0, 0.05) is 0 Å². The number of hydrogen-bond acceptors (Lipinski definition) is 7. The van der Waals surface area contributed by atoms with Crippen molar-refractivity contribution in [1.82, 2.24) is 0 Å². The first kappa shape index (κ1) is 12.8. The van der Waals surface area contributed by atoms with Crippen molar-refractivity contribution < 1.29 is 31.5 Å². The van der Waals surface area contributed by atoms with E-state index in [4.69, 9.17) is 23.1 Å². The zero-order chi connectivity index (χ0) is 13.1. The molecule has 3 aliphatic heterocycles. The van der Waals surface area contributed by atoms with Crippen LogP contribution in [0.15, 0.2) is 0 Å². The first-order valence-electron chi connectivity index (χ1n) is 5.76. The fraction of sp³-hybridized carbons (Fsp3) is 1.00. The minimum absolute atomic E-state index is 0.283. The summed E-state index contributed by atoms with van der Waals surface area (Å²) in [6.07, 6.45) is -1.65. The monoisotopic (exact) mass is 280 g/mol. The molecule has 3 heterocycles.